The molecule has 1 fully saturated rings. The normalized spacial score (nSPS) is 25.3. The van der Waals surface area contributed by atoms with Crippen LogP contribution in [0.5, 0.6) is 0 Å². The molecule has 2 aromatic heterocycles. The molecule has 8 nitrogen and oxygen atoms in total. The molecule has 0 spiro atoms. The van der Waals surface area contributed by atoms with Gasteiger partial charge in [0.1, 0.15) is 11.6 Å². The molecule has 9 heteroatoms. The fraction of sp³-hybridized carbons (Fsp3) is 0.625. The van der Waals surface area contributed by atoms with Gasteiger partial charge in [0, 0.05) is 12.2 Å². The molecule has 1 unspecified atom stereocenters. The van der Waals surface area contributed by atoms with E-state index in [9.17, 15) is 9.59 Å². The van der Waals surface area contributed by atoms with Gasteiger partial charge >= 0.3 is 0 Å². The van der Waals surface area contributed by atoms with E-state index in [4.69, 9.17) is 11.6 Å². The zero-order valence-corrected chi connectivity index (χ0v) is 21.1. The largest absolute Gasteiger partial charge is 0.379 e. The zero-order chi connectivity index (χ0) is 24.3. The molecule has 1 saturated carbocycles. The summed E-state index contributed by atoms with van der Waals surface area (Å²) in [6.07, 6.45) is 6.41. The van der Waals surface area contributed by atoms with Crippen molar-refractivity contribution >= 4 is 23.2 Å². The lowest BCUT2D eigenvalue weighted by Gasteiger charge is -2.50. The minimum absolute atomic E-state index is 0.0560. The number of nitrogens with zero attached hydrogens (tertiary/aromatic N) is 4. The Hall–Kier alpha value is -2.48. The van der Waals surface area contributed by atoms with Crippen molar-refractivity contribution in [2.45, 2.75) is 73.0 Å². The molecule has 33 heavy (non-hydrogen) atoms. The Morgan fingerprint density at radius 3 is 2.64 bits per heavy atom. The van der Waals surface area contributed by atoms with E-state index >= 15 is 0 Å². The molecule has 0 aliphatic heterocycles. The molecule has 180 valence electrons. The van der Waals surface area contributed by atoms with Crippen LogP contribution < -0.4 is 16.2 Å². The molecule has 0 saturated heterocycles. The van der Waals surface area contributed by atoms with Crippen LogP contribution >= 0.6 is 11.6 Å². The standard InChI is InChI=1S/C24H35ClN6O2/c1-7-18(17-8-9-26-27-11-17)30-21(32)13-31-23(33)22(25)20(12-28-31)29-19-10-14(2)24(5,6)16(4)15(19)3/h8-9,11-12,14-16,18-19,29H,7,10,13H2,1-6H3,(H,30,32)/t14-,15+,16+,18?,19+/m0/s1. The van der Waals surface area contributed by atoms with Crippen LogP contribution in [0.1, 0.15) is 66.0 Å². The minimum atomic E-state index is -0.486. The van der Waals surface area contributed by atoms with E-state index in [1.165, 1.54) is 0 Å². The average Bonchev–Trinajstić information content (AvgIpc) is 2.80. The highest BCUT2D eigenvalue weighted by Gasteiger charge is 2.43. The number of hydrogen-bond donors (Lipinski definition) is 2. The van der Waals surface area contributed by atoms with Crippen molar-refractivity contribution in [3.8, 4) is 0 Å². The van der Waals surface area contributed by atoms with E-state index in [2.05, 4.69) is 60.5 Å². The lowest BCUT2D eigenvalue weighted by molar-refractivity contribution is -0.122. The summed E-state index contributed by atoms with van der Waals surface area (Å²) in [6, 6.07) is 1.78. The molecule has 2 aromatic rings. The predicted octanol–water partition coefficient (Wildman–Crippen LogP) is 4.07. The fourth-order valence-corrected chi connectivity index (χ4v) is 4.95. The highest BCUT2D eigenvalue weighted by molar-refractivity contribution is 6.32. The van der Waals surface area contributed by atoms with Crippen LogP contribution in [0.15, 0.2) is 29.5 Å². The predicted molar refractivity (Wildman–Crippen MR) is 130 cm³/mol. The molecule has 1 aliphatic carbocycles. The zero-order valence-electron chi connectivity index (χ0n) is 20.3. The highest BCUT2D eigenvalue weighted by atomic mass is 35.5. The van der Waals surface area contributed by atoms with E-state index in [0.717, 1.165) is 16.7 Å². The molecular weight excluding hydrogens is 440 g/mol. The number of carbonyl (C=O) groups excluding carboxylic acids is 1. The van der Waals surface area contributed by atoms with Crippen LogP contribution in [-0.2, 0) is 11.3 Å². The van der Waals surface area contributed by atoms with Crippen molar-refractivity contribution in [2.24, 2.45) is 23.2 Å². The van der Waals surface area contributed by atoms with Crippen molar-refractivity contribution in [1.29, 1.82) is 0 Å². The maximum Gasteiger partial charge on any atom is 0.288 e. The van der Waals surface area contributed by atoms with Crippen LogP contribution in [0.3, 0.4) is 0 Å². The molecule has 2 heterocycles. The van der Waals surface area contributed by atoms with E-state index in [1.807, 2.05) is 6.92 Å². The van der Waals surface area contributed by atoms with Crippen LogP contribution in [0, 0.1) is 23.2 Å². The number of hydrogen-bond acceptors (Lipinski definition) is 6. The highest BCUT2D eigenvalue weighted by Crippen LogP contribution is 2.48. The van der Waals surface area contributed by atoms with Gasteiger partial charge in [-0.1, -0.05) is 53.1 Å². The Labute approximate surface area is 200 Å². The number of amides is 1. The fourth-order valence-electron chi connectivity index (χ4n) is 4.75. The average molecular weight is 475 g/mol. The molecule has 0 aromatic carbocycles. The van der Waals surface area contributed by atoms with Gasteiger partial charge in [0.25, 0.3) is 5.56 Å². The van der Waals surface area contributed by atoms with Crippen molar-refractivity contribution in [3.63, 3.8) is 0 Å². The third-order valence-corrected chi connectivity index (χ3v) is 8.21. The van der Waals surface area contributed by atoms with Gasteiger partial charge in [-0.05, 0) is 47.6 Å². The number of nitrogens with one attached hydrogen (secondary N) is 2. The summed E-state index contributed by atoms with van der Waals surface area (Å²) in [5.41, 5.74) is 1.13. The Bertz CT molecular complexity index is 1030. The summed E-state index contributed by atoms with van der Waals surface area (Å²) in [7, 11) is 0. The Kier molecular flexibility index (Phi) is 7.77. The first-order chi connectivity index (χ1) is 15.6. The number of halogens is 1. The van der Waals surface area contributed by atoms with Crippen molar-refractivity contribution < 1.29 is 4.79 Å². The van der Waals surface area contributed by atoms with E-state index < -0.39 is 5.56 Å². The third kappa shape index (κ3) is 5.37. The molecule has 2 N–H and O–H groups in total. The van der Waals surface area contributed by atoms with E-state index in [0.29, 0.717) is 29.9 Å². The topological polar surface area (TPSA) is 102 Å². The van der Waals surface area contributed by atoms with Gasteiger partial charge in [-0.3, -0.25) is 9.59 Å². The molecule has 5 atom stereocenters. The summed E-state index contributed by atoms with van der Waals surface area (Å²) in [5.74, 6) is 1.13. The minimum Gasteiger partial charge on any atom is -0.379 e. The second-order valence-corrected chi connectivity index (χ2v) is 10.3. The Morgan fingerprint density at radius 1 is 1.27 bits per heavy atom. The van der Waals surface area contributed by atoms with Gasteiger partial charge in [-0.15, -0.1) is 0 Å². The smallest absolute Gasteiger partial charge is 0.288 e. The van der Waals surface area contributed by atoms with Crippen LogP contribution in [-0.4, -0.2) is 31.9 Å². The number of aromatic nitrogens is 4. The van der Waals surface area contributed by atoms with Crippen LogP contribution in [0.25, 0.3) is 0 Å². The summed E-state index contributed by atoms with van der Waals surface area (Å²) >= 11 is 6.42. The van der Waals surface area contributed by atoms with E-state index in [1.54, 1.807) is 24.7 Å². The summed E-state index contributed by atoms with van der Waals surface area (Å²) in [5, 5.41) is 18.3. The van der Waals surface area contributed by atoms with Gasteiger partial charge in [0.05, 0.1) is 24.1 Å². The van der Waals surface area contributed by atoms with Crippen molar-refractivity contribution in [2.75, 3.05) is 5.32 Å². The SMILES string of the molecule is CCC(NC(=O)Cn1ncc(N[C@@H]2C[C@H](C)C(C)(C)[C@H](C)[C@H]2C)c(Cl)c1=O)c1ccnnc1. The monoisotopic (exact) mass is 474 g/mol. The number of rotatable bonds is 7. The lowest BCUT2D eigenvalue weighted by Crippen LogP contribution is -2.48. The van der Waals surface area contributed by atoms with Gasteiger partial charge in [0.2, 0.25) is 5.91 Å². The van der Waals surface area contributed by atoms with Crippen LogP contribution in [0.4, 0.5) is 5.69 Å². The number of carbonyl (C=O) groups is 1. The van der Waals surface area contributed by atoms with E-state index in [-0.39, 0.29) is 35.0 Å². The van der Waals surface area contributed by atoms with Gasteiger partial charge in [-0.25, -0.2) is 4.68 Å². The Morgan fingerprint density at radius 2 is 2.00 bits per heavy atom. The van der Waals surface area contributed by atoms with Crippen molar-refractivity contribution in [1.82, 2.24) is 25.3 Å². The summed E-state index contributed by atoms with van der Waals surface area (Å²) in [4.78, 5) is 25.4. The molecular formula is C24H35ClN6O2. The lowest BCUT2D eigenvalue weighted by atomic mass is 9.58. The van der Waals surface area contributed by atoms with Crippen LogP contribution in [0.2, 0.25) is 5.02 Å². The van der Waals surface area contributed by atoms with Gasteiger partial charge in [0.15, 0.2) is 0 Å². The summed E-state index contributed by atoms with van der Waals surface area (Å²) in [6.45, 7) is 13.2. The third-order valence-electron chi connectivity index (χ3n) is 7.85. The summed E-state index contributed by atoms with van der Waals surface area (Å²) < 4.78 is 1.10. The molecule has 1 aliphatic rings. The number of anilines is 1. The first-order valence-electron chi connectivity index (χ1n) is 11.6. The first kappa shape index (κ1) is 25.1. The maximum absolute atomic E-state index is 12.8. The second kappa shape index (κ2) is 10.2. The first-order valence-corrected chi connectivity index (χ1v) is 12.0. The quantitative estimate of drug-likeness (QED) is 0.627. The van der Waals surface area contributed by atoms with Gasteiger partial charge in [-0.2, -0.15) is 15.3 Å². The Balaban J connectivity index is 1.70. The molecule has 1 amide bonds. The second-order valence-electron chi connectivity index (χ2n) is 9.90. The molecule has 3 rings (SSSR count). The molecule has 0 bridgehead atoms. The molecule has 0 radical (unpaired) electrons. The van der Waals surface area contributed by atoms with Gasteiger partial charge < -0.3 is 10.6 Å². The van der Waals surface area contributed by atoms with Crippen molar-refractivity contribution in [3.05, 3.63) is 45.6 Å². The maximum atomic E-state index is 12.8.